The molecule has 0 fully saturated rings. The molecule has 1 heterocycles. The Morgan fingerprint density at radius 1 is 1.62 bits per heavy atom. The van der Waals surface area contributed by atoms with Crippen molar-refractivity contribution in [1.82, 2.24) is 0 Å². The van der Waals surface area contributed by atoms with Gasteiger partial charge in [0.05, 0.1) is 5.75 Å². The van der Waals surface area contributed by atoms with Crippen molar-refractivity contribution in [2.75, 3.05) is 5.75 Å². The summed E-state index contributed by atoms with van der Waals surface area (Å²) < 4.78 is 0. The predicted octanol–water partition coefficient (Wildman–Crippen LogP) is 3.78. The van der Waals surface area contributed by atoms with Crippen molar-refractivity contribution < 1.29 is 4.79 Å². The van der Waals surface area contributed by atoms with E-state index in [1.165, 1.54) is 9.77 Å². The molecule has 0 aliphatic rings. The second-order valence-corrected chi connectivity index (χ2v) is 6.04. The van der Waals surface area contributed by atoms with Gasteiger partial charge < -0.3 is 0 Å². The van der Waals surface area contributed by atoms with Crippen LogP contribution in [-0.4, -0.2) is 11.5 Å². The Balaban J connectivity index is 2.28. The minimum Gasteiger partial charge on any atom is -0.299 e. The second kappa shape index (κ2) is 5.73. The van der Waals surface area contributed by atoms with Gasteiger partial charge in [-0.15, -0.1) is 11.3 Å². The molecule has 1 rings (SSSR count). The molecule has 1 aromatic rings. The highest BCUT2D eigenvalue weighted by atomic mass is 33.1. The predicted molar refractivity (Wildman–Crippen MR) is 62.7 cm³/mol. The molecular formula is C9H12OS3. The topological polar surface area (TPSA) is 17.1 Å². The first-order valence-electron chi connectivity index (χ1n) is 4.09. The van der Waals surface area contributed by atoms with E-state index in [1.807, 2.05) is 6.92 Å². The van der Waals surface area contributed by atoms with Gasteiger partial charge in [-0.25, -0.2) is 0 Å². The number of thiophene rings is 1. The van der Waals surface area contributed by atoms with E-state index in [0.717, 1.165) is 0 Å². The van der Waals surface area contributed by atoms with Crippen LogP contribution < -0.4 is 0 Å². The molecule has 0 spiro atoms. The van der Waals surface area contributed by atoms with E-state index in [2.05, 4.69) is 18.4 Å². The summed E-state index contributed by atoms with van der Waals surface area (Å²) in [5.41, 5.74) is 0. The SMILES string of the molecule is CCC(=O)CSSc1ccsc1C. The molecule has 0 unspecified atom stereocenters. The smallest absolute Gasteiger partial charge is 0.143 e. The van der Waals surface area contributed by atoms with Crippen LogP contribution in [0.4, 0.5) is 0 Å². The van der Waals surface area contributed by atoms with E-state index >= 15 is 0 Å². The van der Waals surface area contributed by atoms with E-state index in [4.69, 9.17) is 0 Å². The largest absolute Gasteiger partial charge is 0.299 e. The first-order valence-corrected chi connectivity index (χ1v) is 7.29. The molecule has 4 heteroatoms. The lowest BCUT2D eigenvalue weighted by molar-refractivity contribution is -0.116. The Morgan fingerprint density at radius 2 is 2.38 bits per heavy atom. The van der Waals surface area contributed by atoms with E-state index < -0.39 is 0 Å². The average molecular weight is 232 g/mol. The average Bonchev–Trinajstić information content (AvgIpc) is 2.52. The summed E-state index contributed by atoms with van der Waals surface area (Å²) in [5, 5.41) is 2.08. The third kappa shape index (κ3) is 3.75. The number of hydrogen-bond acceptors (Lipinski definition) is 4. The fourth-order valence-corrected chi connectivity index (χ4v) is 4.08. The lowest BCUT2D eigenvalue weighted by Gasteiger charge is -1.97. The van der Waals surface area contributed by atoms with Gasteiger partial charge in [-0.05, 0) is 18.4 Å². The van der Waals surface area contributed by atoms with Crippen molar-refractivity contribution in [3.8, 4) is 0 Å². The van der Waals surface area contributed by atoms with Gasteiger partial charge in [-0.3, -0.25) is 4.79 Å². The Bertz CT molecular complexity index is 280. The normalized spacial score (nSPS) is 10.3. The molecule has 1 aromatic heterocycles. The molecular weight excluding hydrogens is 220 g/mol. The number of carbonyl (C=O) groups excluding carboxylic acids is 1. The minimum absolute atomic E-state index is 0.324. The van der Waals surface area contributed by atoms with Gasteiger partial charge in [-0.1, -0.05) is 28.5 Å². The third-order valence-electron chi connectivity index (χ3n) is 1.57. The van der Waals surface area contributed by atoms with Crippen molar-refractivity contribution in [3.63, 3.8) is 0 Å². The van der Waals surface area contributed by atoms with Gasteiger partial charge in [0, 0.05) is 16.2 Å². The van der Waals surface area contributed by atoms with Gasteiger partial charge >= 0.3 is 0 Å². The summed E-state index contributed by atoms with van der Waals surface area (Å²) in [6, 6.07) is 2.11. The number of hydrogen-bond donors (Lipinski definition) is 0. The van der Waals surface area contributed by atoms with Crippen LogP contribution in [0.15, 0.2) is 16.3 Å². The minimum atomic E-state index is 0.324. The van der Waals surface area contributed by atoms with Crippen LogP contribution >= 0.6 is 32.9 Å². The van der Waals surface area contributed by atoms with E-state index in [0.29, 0.717) is 18.0 Å². The molecule has 0 bridgehead atoms. The lowest BCUT2D eigenvalue weighted by Crippen LogP contribution is -1.96. The first-order chi connectivity index (χ1) is 6.24. The monoisotopic (exact) mass is 232 g/mol. The summed E-state index contributed by atoms with van der Waals surface area (Å²) in [7, 11) is 3.34. The molecule has 0 aliphatic carbocycles. The molecule has 0 aromatic carbocycles. The van der Waals surface area contributed by atoms with Gasteiger partial charge in [0.15, 0.2) is 0 Å². The van der Waals surface area contributed by atoms with Gasteiger partial charge in [0.2, 0.25) is 0 Å². The summed E-state index contributed by atoms with van der Waals surface area (Å²) in [6.07, 6.45) is 0.649. The number of carbonyl (C=O) groups is 1. The maximum absolute atomic E-state index is 11.0. The van der Waals surface area contributed by atoms with Gasteiger partial charge in [0.1, 0.15) is 5.78 Å². The molecule has 0 N–H and O–H groups in total. The molecule has 0 radical (unpaired) electrons. The number of ketones is 1. The number of rotatable bonds is 5. The number of Topliss-reactive ketones (excluding diaryl/α,β-unsaturated/α-hetero) is 1. The van der Waals surface area contributed by atoms with Crippen LogP contribution in [0.25, 0.3) is 0 Å². The molecule has 1 nitrogen and oxygen atoms in total. The van der Waals surface area contributed by atoms with Crippen LogP contribution in [0.3, 0.4) is 0 Å². The van der Waals surface area contributed by atoms with Crippen LogP contribution in [0.2, 0.25) is 0 Å². The summed E-state index contributed by atoms with van der Waals surface area (Å²) in [6.45, 7) is 4.01. The van der Waals surface area contributed by atoms with Gasteiger partial charge in [-0.2, -0.15) is 0 Å². The van der Waals surface area contributed by atoms with Crippen LogP contribution in [0.5, 0.6) is 0 Å². The lowest BCUT2D eigenvalue weighted by atomic mass is 10.4. The molecule has 72 valence electrons. The van der Waals surface area contributed by atoms with Crippen molar-refractivity contribution in [2.24, 2.45) is 0 Å². The first kappa shape index (κ1) is 11.1. The van der Waals surface area contributed by atoms with E-state index in [-0.39, 0.29) is 0 Å². The fourth-order valence-electron chi connectivity index (χ4n) is 0.720. The van der Waals surface area contributed by atoms with Crippen molar-refractivity contribution >= 4 is 38.7 Å². The molecule has 0 atom stereocenters. The van der Waals surface area contributed by atoms with Gasteiger partial charge in [0.25, 0.3) is 0 Å². The molecule has 13 heavy (non-hydrogen) atoms. The zero-order valence-electron chi connectivity index (χ0n) is 7.70. The van der Waals surface area contributed by atoms with Crippen molar-refractivity contribution in [1.29, 1.82) is 0 Å². The zero-order chi connectivity index (χ0) is 9.68. The maximum atomic E-state index is 11.0. The highest BCUT2D eigenvalue weighted by Crippen LogP contribution is 2.35. The summed E-state index contributed by atoms with van der Waals surface area (Å²) >= 11 is 1.75. The molecule has 0 saturated carbocycles. The highest BCUT2D eigenvalue weighted by Gasteiger charge is 2.02. The van der Waals surface area contributed by atoms with Crippen molar-refractivity contribution in [3.05, 3.63) is 16.3 Å². The number of aryl methyl sites for hydroxylation is 1. The van der Waals surface area contributed by atoms with E-state index in [9.17, 15) is 4.79 Å². The molecule has 0 amide bonds. The Kier molecular flexibility index (Phi) is 4.91. The Labute approximate surface area is 90.7 Å². The third-order valence-corrected chi connectivity index (χ3v) is 4.97. The zero-order valence-corrected chi connectivity index (χ0v) is 10.2. The Hall–Kier alpha value is 0.0700. The fraction of sp³-hybridized carbons (Fsp3) is 0.444. The quantitative estimate of drug-likeness (QED) is 0.719. The van der Waals surface area contributed by atoms with Crippen LogP contribution in [0, 0.1) is 6.92 Å². The standard InChI is InChI=1S/C9H12OS3/c1-3-8(10)6-12-13-9-4-5-11-7(9)2/h4-5H,3,6H2,1-2H3. The maximum Gasteiger partial charge on any atom is 0.143 e. The second-order valence-electron chi connectivity index (χ2n) is 2.58. The molecule has 0 saturated heterocycles. The van der Waals surface area contributed by atoms with Crippen LogP contribution in [-0.2, 0) is 4.79 Å². The molecule has 0 aliphatic heterocycles. The summed E-state index contributed by atoms with van der Waals surface area (Å²) in [5.74, 6) is 0.946. The summed E-state index contributed by atoms with van der Waals surface area (Å²) in [4.78, 5) is 13.6. The van der Waals surface area contributed by atoms with Crippen LogP contribution in [0.1, 0.15) is 18.2 Å². The van der Waals surface area contributed by atoms with E-state index in [1.54, 1.807) is 32.9 Å². The highest BCUT2D eigenvalue weighted by molar-refractivity contribution is 8.76. The Morgan fingerprint density at radius 3 is 2.92 bits per heavy atom. The van der Waals surface area contributed by atoms with Crippen molar-refractivity contribution in [2.45, 2.75) is 25.2 Å².